The molecule has 0 heterocycles. The van der Waals surface area contributed by atoms with Gasteiger partial charge in [-0.15, -0.1) is 0 Å². The first-order valence-corrected chi connectivity index (χ1v) is 5.50. The molecule has 2 heteroatoms. The molecule has 1 N–H and O–H groups in total. The van der Waals surface area contributed by atoms with Crippen LogP contribution in [0, 0.1) is 0 Å². The molecule has 0 aliphatic rings. The van der Waals surface area contributed by atoms with Crippen LogP contribution < -0.4 is 5.32 Å². The second kappa shape index (κ2) is 7.34. The van der Waals surface area contributed by atoms with E-state index >= 15 is 0 Å². The normalized spacial score (nSPS) is 14.1. The minimum atomic E-state index is 0.646. The third kappa shape index (κ3) is 7.03. The van der Waals surface area contributed by atoms with E-state index in [4.69, 9.17) is 0 Å². The highest BCUT2D eigenvalue weighted by Crippen LogP contribution is 2.00. The van der Waals surface area contributed by atoms with Gasteiger partial charge in [0, 0.05) is 12.1 Å². The SMILES string of the molecule is CCC(CC)NC(C)CCN(C)C. The van der Waals surface area contributed by atoms with Crippen molar-refractivity contribution in [1.29, 1.82) is 0 Å². The molecule has 2 nitrogen and oxygen atoms in total. The molecule has 13 heavy (non-hydrogen) atoms. The third-order valence-corrected chi connectivity index (χ3v) is 2.52. The number of nitrogens with zero attached hydrogens (tertiary/aromatic N) is 1. The van der Waals surface area contributed by atoms with Crippen molar-refractivity contribution in [1.82, 2.24) is 10.2 Å². The van der Waals surface area contributed by atoms with Gasteiger partial charge in [-0.3, -0.25) is 0 Å². The van der Waals surface area contributed by atoms with Crippen molar-refractivity contribution in [2.75, 3.05) is 20.6 Å². The molecule has 0 aromatic heterocycles. The number of hydrogen-bond donors (Lipinski definition) is 1. The van der Waals surface area contributed by atoms with E-state index in [0.29, 0.717) is 12.1 Å². The zero-order chi connectivity index (χ0) is 10.3. The summed E-state index contributed by atoms with van der Waals surface area (Å²) in [5, 5.41) is 3.64. The zero-order valence-corrected chi connectivity index (χ0v) is 9.93. The van der Waals surface area contributed by atoms with Crippen molar-refractivity contribution in [3.8, 4) is 0 Å². The van der Waals surface area contributed by atoms with Crippen molar-refractivity contribution in [2.45, 2.75) is 52.1 Å². The Balaban J connectivity index is 3.53. The zero-order valence-electron chi connectivity index (χ0n) is 9.93. The van der Waals surface area contributed by atoms with Crippen molar-refractivity contribution in [3.05, 3.63) is 0 Å². The van der Waals surface area contributed by atoms with Gasteiger partial charge in [0.2, 0.25) is 0 Å². The van der Waals surface area contributed by atoms with E-state index in [-0.39, 0.29) is 0 Å². The number of rotatable bonds is 7. The number of nitrogens with one attached hydrogen (secondary N) is 1. The Morgan fingerprint density at radius 3 is 2.08 bits per heavy atom. The van der Waals surface area contributed by atoms with Crippen LogP contribution in [0.2, 0.25) is 0 Å². The van der Waals surface area contributed by atoms with Crippen molar-refractivity contribution >= 4 is 0 Å². The molecule has 0 amide bonds. The summed E-state index contributed by atoms with van der Waals surface area (Å²) in [7, 11) is 4.26. The lowest BCUT2D eigenvalue weighted by atomic mass is 10.1. The Kier molecular flexibility index (Phi) is 7.29. The second-order valence-corrected chi connectivity index (χ2v) is 4.17. The summed E-state index contributed by atoms with van der Waals surface area (Å²) < 4.78 is 0. The summed E-state index contributed by atoms with van der Waals surface area (Å²) in [6.07, 6.45) is 3.72. The first-order valence-electron chi connectivity index (χ1n) is 5.50. The van der Waals surface area contributed by atoms with E-state index in [9.17, 15) is 0 Å². The molecule has 0 aromatic carbocycles. The summed E-state index contributed by atoms with van der Waals surface area (Å²) in [6, 6.07) is 1.35. The fraction of sp³-hybridized carbons (Fsp3) is 1.00. The van der Waals surface area contributed by atoms with E-state index in [0.717, 1.165) is 0 Å². The Labute approximate surface area is 83.7 Å². The maximum atomic E-state index is 3.64. The Morgan fingerprint density at radius 2 is 1.69 bits per heavy atom. The molecule has 80 valence electrons. The van der Waals surface area contributed by atoms with Crippen LogP contribution in [0.1, 0.15) is 40.0 Å². The van der Waals surface area contributed by atoms with E-state index in [1.54, 1.807) is 0 Å². The van der Waals surface area contributed by atoms with Crippen LogP contribution in [0.3, 0.4) is 0 Å². The molecule has 0 aliphatic carbocycles. The van der Waals surface area contributed by atoms with E-state index in [1.165, 1.54) is 25.8 Å². The molecule has 0 saturated heterocycles. The monoisotopic (exact) mass is 186 g/mol. The molecular formula is C11H26N2. The van der Waals surface area contributed by atoms with Gasteiger partial charge in [0.25, 0.3) is 0 Å². The first kappa shape index (κ1) is 12.9. The Hall–Kier alpha value is -0.0800. The molecule has 1 atom stereocenters. The summed E-state index contributed by atoms with van der Waals surface area (Å²) in [5.74, 6) is 0. The fourth-order valence-electron chi connectivity index (χ4n) is 1.46. The van der Waals surface area contributed by atoms with Gasteiger partial charge in [-0.05, 0) is 46.8 Å². The summed E-state index contributed by atoms with van der Waals surface area (Å²) >= 11 is 0. The van der Waals surface area contributed by atoms with Crippen LogP contribution in [-0.4, -0.2) is 37.6 Å². The van der Waals surface area contributed by atoms with Crippen molar-refractivity contribution < 1.29 is 0 Å². The van der Waals surface area contributed by atoms with Crippen LogP contribution in [-0.2, 0) is 0 Å². The molecule has 0 aliphatic heterocycles. The van der Waals surface area contributed by atoms with Crippen LogP contribution >= 0.6 is 0 Å². The summed E-state index contributed by atoms with van der Waals surface area (Å²) in [6.45, 7) is 7.95. The predicted molar refractivity (Wildman–Crippen MR) is 60.1 cm³/mol. The van der Waals surface area contributed by atoms with Crippen LogP contribution in [0.5, 0.6) is 0 Å². The summed E-state index contributed by atoms with van der Waals surface area (Å²) in [5.41, 5.74) is 0. The van der Waals surface area contributed by atoms with Crippen LogP contribution in [0.15, 0.2) is 0 Å². The first-order chi connectivity index (χ1) is 6.10. The van der Waals surface area contributed by atoms with Gasteiger partial charge in [-0.1, -0.05) is 13.8 Å². The van der Waals surface area contributed by atoms with E-state index < -0.39 is 0 Å². The van der Waals surface area contributed by atoms with Gasteiger partial charge >= 0.3 is 0 Å². The van der Waals surface area contributed by atoms with Crippen LogP contribution in [0.25, 0.3) is 0 Å². The van der Waals surface area contributed by atoms with Crippen LogP contribution in [0.4, 0.5) is 0 Å². The molecule has 0 bridgehead atoms. The lowest BCUT2D eigenvalue weighted by Crippen LogP contribution is -2.37. The quantitative estimate of drug-likeness (QED) is 0.655. The topological polar surface area (TPSA) is 15.3 Å². The molecular weight excluding hydrogens is 160 g/mol. The van der Waals surface area contributed by atoms with Crippen molar-refractivity contribution in [2.24, 2.45) is 0 Å². The molecule has 0 radical (unpaired) electrons. The Bertz CT molecular complexity index is 109. The van der Waals surface area contributed by atoms with Gasteiger partial charge in [0.15, 0.2) is 0 Å². The number of hydrogen-bond acceptors (Lipinski definition) is 2. The fourth-order valence-corrected chi connectivity index (χ4v) is 1.46. The highest BCUT2D eigenvalue weighted by molar-refractivity contribution is 4.69. The predicted octanol–water partition coefficient (Wildman–Crippen LogP) is 2.10. The highest BCUT2D eigenvalue weighted by Gasteiger charge is 2.07. The average molecular weight is 186 g/mol. The minimum absolute atomic E-state index is 0.646. The van der Waals surface area contributed by atoms with Gasteiger partial charge in [0.1, 0.15) is 0 Å². The minimum Gasteiger partial charge on any atom is -0.311 e. The van der Waals surface area contributed by atoms with Gasteiger partial charge in [-0.2, -0.15) is 0 Å². The summed E-state index contributed by atoms with van der Waals surface area (Å²) in [4.78, 5) is 2.24. The third-order valence-electron chi connectivity index (χ3n) is 2.52. The highest BCUT2D eigenvalue weighted by atomic mass is 15.1. The molecule has 0 spiro atoms. The van der Waals surface area contributed by atoms with Gasteiger partial charge in [0.05, 0.1) is 0 Å². The largest absolute Gasteiger partial charge is 0.311 e. The smallest absolute Gasteiger partial charge is 0.00642 e. The maximum absolute atomic E-state index is 3.64. The maximum Gasteiger partial charge on any atom is 0.00642 e. The van der Waals surface area contributed by atoms with Gasteiger partial charge in [-0.25, -0.2) is 0 Å². The molecule has 0 aromatic rings. The second-order valence-electron chi connectivity index (χ2n) is 4.17. The Morgan fingerprint density at radius 1 is 1.15 bits per heavy atom. The molecule has 1 unspecified atom stereocenters. The average Bonchev–Trinajstić information content (AvgIpc) is 2.10. The lowest BCUT2D eigenvalue weighted by molar-refractivity contribution is 0.342. The van der Waals surface area contributed by atoms with Crippen molar-refractivity contribution in [3.63, 3.8) is 0 Å². The van der Waals surface area contributed by atoms with E-state index in [2.05, 4.69) is 45.1 Å². The van der Waals surface area contributed by atoms with Gasteiger partial charge < -0.3 is 10.2 Å². The molecule has 0 rings (SSSR count). The van der Waals surface area contributed by atoms with E-state index in [1.807, 2.05) is 0 Å². The lowest BCUT2D eigenvalue weighted by Gasteiger charge is -2.22. The molecule has 0 saturated carbocycles. The standard InChI is InChI=1S/C11H26N2/c1-6-11(7-2)12-10(3)8-9-13(4)5/h10-12H,6-9H2,1-5H3. The molecule has 0 fully saturated rings.